The van der Waals surface area contributed by atoms with E-state index < -0.39 is 0 Å². The second-order valence-corrected chi connectivity index (χ2v) is 4.21. The zero-order valence-electron chi connectivity index (χ0n) is 9.93. The van der Waals surface area contributed by atoms with Gasteiger partial charge in [0.05, 0.1) is 0 Å². The number of carbonyl (C=O) groups excluding carboxylic acids is 1. The number of carbonyl (C=O) groups is 1. The second-order valence-electron chi connectivity index (χ2n) is 4.21. The fourth-order valence-electron chi connectivity index (χ4n) is 2.10. The Bertz CT molecular complexity index is 426. The first-order chi connectivity index (χ1) is 8.33. The van der Waals surface area contributed by atoms with E-state index in [1.54, 1.807) is 0 Å². The summed E-state index contributed by atoms with van der Waals surface area (Å²) in [6.45, 7) is 2.10. The molecule has 1 aromatic rings. The molecule has 1 aliphatic rings. The molecule has 0 aromatic heterocycles. The summed E-state index contributed by atoms with van der Waals surface area (Å²) < 4.78 is 0. The maximum absolute atomic E-state index is 12.3. The summed E-state index contributed by atoms with van der Waals surface area (Å²) in [4.78, 5) is 14.2. The fraction of sp³-hybridized carbons (Fsp3) is 0.357. The van der Waals surface area contributed by atoms with Gasteiger partial charge in [0.1, 0.15) is 0 Å². The first-order valence-corrected chi connectivity index (χ1v) is 6.05. The van der Waals surface area contributed by atoms with Gasteiger partial charge in [-0.3, -0.25) is 4.79 Å². The topological polar surface area (TPSA) is 46.3 Å². The Kier molecular flexibility index (Phi) is 3.94. The molecule has 90 valence electrons. The Morgan fingerprint density at radius 1 is 1.29 bits per heavy atom. The van der Waals surface area contributed by atoms with E-state index in [0.29, 0.717) is 6.54 Å². The first-order valence-electron chi connectivity index (χ1n) is 6.05. The molecule has 2 N–H and O–H groups in total. The van der Waals surface area contributed by atoms with Crippen LogP contribution in [0, 0.1) is 0 Å². The van der Waals surface area contributed by atoms with E-state index in [4.69, 9.17) is 5.73 Å². The maximum atomic E-state index is 12.3. The highest BCUT2D eigenvalue weighted by Gasteiger charge is 2.18. The summed E-state index contributed by atoms with van der Waals surface area (Å²) in [5.74, 6) is 0.124. The van der Waals surface area contributed by atoms with Crippen LogP contribution < -0.4 is 5.73 Å². The van der Waals surface area contributed by atoms with Gasteiger partial charge in [0, 0.05) is 18.7 Å². The lowest BCUT2D eigenvalue weighted by Crippen LogP contribution is -2.34. The molecule has 3 nitrogen and oxygen atoms in total. The van der Waals surface area contributed by atoms with Crippen molar-refractivity contribution in [3.05, 3.63) is 47.5 Å². The van der Waals surface area contributed by atoms with Crippen LogP contribution in [-0.2, 0) is 6.42 Å². The van der Waals surface area contributed by atoms with Crippen molar-refractivity contribution in [3.8, 4) is 0 Å². The molecular formula is C14H18N2O. The molecule has 0 unspecified atom stereocenters. The van der Waals surface area contributed by atoms with Crippen molar-refractivity contribution in [2.45, 2.75) is 12.8 Å². The van der Waals surface area contributed by atoms with Crippen LogP contribution in [0.3, 0.4) is 0 Å². The second kappa shape index (κ2) is 5.64. The number of rotatable bonds is 3. The minimum Gasteiger partial charge on any atom is -0.335 e. The van der Waals surface area contributed by atoms with Crippen molar-refractivity contribution in [2.75, 3.05) is 19.6 Å². The van der Waals surface area contributed by atoms with Crippen LogP contribution in [0.4, 0.5) is 0 Å². The lowest BCUT2D eigenvalue weighted by molar-refractivity contribution is 0.0770. The normalized spacial score (nSPS) is 15.0. The molecular weight excluding hydrogens is 212 g/mol. The fourth-order valence-corrected chi connectivity index (χ4v) is 2.10. The molecule has 1 aromatic carbocycles. The van der Waals surface area contributed by atoms with Gasteiger partial charge in [0.15, 0.2) is 0 Å². The molecule has 1 amide bonds. The highest BCUT2D eigenvalue weighted by Crippen LogP contribution is 2.14. The van der Waals surface area contributed by atoms with Gasteiger partial charge in [-0.2, -0.15) is 0 Å². The molecule has 0 spiro atoms. The van der Waals surface area contributed by atoms with Gasteiger partial charge in [0.2, 0.25) is 0 Å². The molecule has 3 heteroatoms. The molecule has 17 heavy (non-hydrogen) atoms. The number of hydrogen-bond acceptors (Lipinski definition) is 2. The third kappa shape index (κ3) is 2.74. The standard InChI is InChI=1S/C14H18N2O/c15-9-8-12-6-2-3-7-13(12)14(17)16-10-4-1-5-11-16/h1-4,6-7H,5,8-11,15H2. The van der Waals surface area contributed by atoms with E-state index in [2.05, 4.69) is 6.08 Å². The Balaban J connectivity index is 2.20. The Morgan fingerprint density at radius 3 is 2.82 bits per heavy atom. The van der Waals surface area contributed by atoms with E-state index in [9.17, 15) is 4.79 Å². The van der Waals surface area contributed by atoms with Crippen molar-refractivity contribution in [3.63, 3.8) is 0 Å². The maximum Gasteiger partial charge on any atom is 0.254 e. The lowest BCUT2D eigenvalue weighted by Gasteiger charge is -2.24. The highest BCUT2D eigenvalue weighted by molar-refractivity contribution is 5.95. The molecule has 1 aliphatic heterocycles. The van der Waals surface area contributed by atoms with Crippen LogP contribution in [0.1, 0.15) is 22.3 Å². The molecule has 0 radical (unpaired) electrons. The van der Waals surface area contributed by atoms with Crippen molar-refractivity contribution in [1.82, 2.24) is 4.90 Å². The number of nitrogens with two attached hydrogens (primary N) is 1. The molecule has 0 saturated heterocycles. The van der Waals surface area contributed by atoms with Gasteiger partial charge in [-0.05, 0) is 31.0 Å². The number of hydrogen-bond donors (Lipinski definition) is 1. The van der Waals surface area contributed by atoms with Crippen LogP contribution in [0.2, 0.25) is 0 Å². The number of amides is 1. The largest absolute Gasteiger partial charge is 0.335 e. The third-order valence-electron chi connectivity index (χ3n) is 3.01. The highest BCUT2D eigenvalue weighted by atomic mass is 16.2. The Hall–Kier alpha value is -1.61. The van der Waals surface area contributed by atoms with E-state index in [-0.39, 0.29) is 5.91 Å². The van der Waals surface area contributed by atoms with Crippen molar-refractivity contribution < 1.29 is 4.79 Å². The molecule has 0 atom stereocenters. The average Bonchev–Trinajstić information content (AvgIpc) is 2.40. The third-order valence-corrected chi connectivity index (χ3v) is 3.01. The minimum atomic E-state index is 0.124. The van der Waals surface area contributed by atoms with Gasteiger partial charge in [-0.25, -0.2) is 0 Å². The molecule has 0 fully saturated rings. The first kappa shape index (κ1) is 11.9. The van der Waals surface area contributed by atoms with Crippen LogP contribution in [0.5, 0.6) is 0 Å². The Labute approximate surface area is 102 Å². The molecule has 1 heterocycles. The Morgan fingerprint density at radius 2 is 2.12 bits per heavy atom. The summed E-state index contributed by atoms with van der Waals surface area (Å²) in [5, 5.41) is 0. The quantitative estimate of drug-likeness (QED) is 0.801. The smallest absolute Gasteiger partial charge is 0.254 e. The average molecular weight is 230 g/mol. The number of benzene rings is 1. The van der Waals surface area contributed by atoms with Gasteiger partial charge in [-0.15, -0.1) is 0 Å². The van der Waals surface area contributed by atoms with Gasteiger partial charge in [-0.1, -0.05) is 30.4 Å². The molecule has 0 bridgehead atoms. The van der Waals surface area contributed by atoms with E-state index in [1.165, 1.54) is 0 Å². The van der Waals surface area contributed by atoms with Gasteiger partial charge >= 0.3 is 0 Å². The van der Waals surface area contributed by atoms with Crippen molar-refractivity contribution in [2.24, 2.45) is 5.73 Å². The summed E-state index contributed by atoms with van der Waals surface area (Å²) >= 11 is 0. The van der Waals surface area contributed by atoms with Gasteiger partial charge in [0.25, 0.3) is 5.91 Å². The van der Waals surface area contributed by atoms with E-state index >= 15 is 0 Å². The lowest BCUT2D eigenvalue weighted by atomic mass is 10.0. The van der Waals surface area contributed by atoms with Crippen LogP contribution in [-0.4, -0.2) is 30.4 Å². The van der Waals surface area contributed by atoms with Crippen molar-refractivity contribution in [1.29, 1.82) is 0 Å². The van der Waals surface area contributed by atoms with E-state index in [1.807, 2.05) is 35.2 Å². The zero-order chi connectivity index (χ0) is 12.1. The van der Waals surface area contributed by atoms with Crippen LogP contribution in [0.15, 0.2) is 36.4 Å². The predicted molar refractivity (Wildman–Crippen MR) is 68.9 cm³/mol. The summed E-state index contributed by atoms with van der Waals surface area (Å²) in [7, 11) is 0. The molecule has 2 rings (SSSR count). The predicted octanol–water partition coefficient (Wildman–Crippen LogP) is 1.59. The minimum absolute atomic E-state index is 0.124. The van der Waals surface area contributed by atoms with Crippen LogP contribution >= 0.6 is 0 Å². The molecule has 0 saturated carbocycles. The monoisotopic (exact) mass is 230 g/mol. The summed E-state index contributed by atoms with van der Waals surface area (Å²) in [6, 6.07) is 7.75. The summed E-state index contributed by atoms with van der Waals surface area (Å²) in [6.07, 6.45) is 5.87. The van der Waals surface area contributed by atoms with Crippen LogP contribution in [0.25, 0.3) is 0 Å². The van der Waals surface area contributed by atoms with Crippen molar-refractivity contribution >= 4 is 5.91 Å². The number of nitrogens with zero attached hydrogens (tertiary/aromatic N) is 1. The summed E-state index contributed by atoms with van der Waals surface area (Å²) in [5.41, 5.74) is 7.42. The SMILES string of the molecule is NCCc1ccccc1C(=O)N1CC=CCC1. The van der Waals surface area contributed by atoms with E-state index in [0.717, 1.165) is 37.1 Å². The zero-order valence-corrected chi connectivity index (χ0v) is 9.93. The van der Waals surface area contributed by atoms with Gasteiger partial charge < -0.3 is 10.6 Å². The molecule has 0 aliphatic carbocycles.